The molecule has 2 rings (SSSR count). The molecule has 0 radical (unpaired) electrons. The lowest BCUT2D eigenvalue weighted by Crippen LogP contribution is -2.42. The maximum absolute atomic E-state index is 12.6. The molecule has 1 unspecified atom stereocenters. The fraction of sp³-hybridized carbons (Fsp3) is 0.941. The van der Waals surface area contributed by atoms with Crippen LogP contribution in [0.15, 0.2) is 0 Å². The summed E-state index contributed by atoms with van der Waals surface area (Å²) in [5.41, 5.74) is -0.123. The molecule has 0 spiro atoms. The molecule has 1 aliphatic heterocycles. The summed E-state index contributed by atoms with van der Waals surface area (Å²) in [4.78, 5) is 12.6. The lowest BCUT2D eigenvalue weighted by atomic mass is 9.70. The number of carbonyl (C=O) groups excluding carboxylic acids is 1. The lowest BCUT2D eigenvalue weighted by molar-refractivity contribution is -0.130. The zero-order valence-electron chi connectivity index (χ0n) is 12.8. The van der Waals surface area contributed by atoms with Gasteiger partial charge in [-0.25, -0.2) is 0 Å². The SMILES string of the molecule is CC(C)(C(=O)CCC1CCCCC1)C1CCCNC1. The lowest BCUT2D eigenvalue weighted by Gasteiger charge is -2.36. The minimum absolute atomic E-state index is 0.123. The van der Waals surface area contributed by atoms with Crippen molar-refractivity contribution >= 4 is 5.78 Å². The highest BCUT2D eigenvalue weighted by Gasteiger charge is 2.36. The van der Waals surface area contributed by atoms with Crippen LogP contribution >= 0.6 is 0 Å². The second kappa shape index (κ2) is 6.88. The van der Waals surface area contributed by atoms with Crippen LogP contribution < -0.4 is 5.32 Å². The van der Waals surface area contributed by atoms with E-state index < -0.39 is 0 Å². The van der Waals surface area contributed by atoms with E-state index in [0.717, 1.165) is 31.8 Å². The maximum Gasteiger partial charge on any atom is 0.138 e. The predicted molar refractivity (Wildman–Crippen MR) is 80.2 cm³/mol. The van der Waals surface area contributed by atoms with E-state index in [4.69, 9.17) is 0 Å². The summed E-state index contributed by atoms with van der Waals surface area (Å²) < 4.78 is 0. The van der Waals surface area contributed by atoms with Crippen molar-refractivity contribution in [3.8, 4) is 0 Å². The number of ketones is 1. The first kappa shape index (κ1) is 15.0. The minimum Gasteiger partial charge on any atom is -0.316 e. The summed E-state index contributed by atoms with van der Waals surface area (Å²) in [6.07, 6.45) is 11.3. The van der Waals surface area contributed by atoms with Crippen LogP contribution in [0.2, 0.25) is 0 Å². The molecule has 1 atom stereocenters. The molecule has 1 N–H and O–H groups in total. The van der Waals surface area contributed by atoms with Gasteiger partial charge in [0.1, 0.15) is 5.78 Å². The third-order valence-corrected chi connectivity index (χ3v) is 5.54. The van der Waals surface area contributed by atoms with Crippen LogP contribution in [0.25, 0.3) is 0 Å². The van der Waals surface area contributed by atoms with E-state index in [-0.39, 0.29) is 5.41 Å². The van der Waals surface area contributed by atoms with E-state index in [1.54, 1.807) is 0 Å². The van der Waals surface area contributed by atoms with Gasteiger partial charge in [-0.1, -0.05) is 46.0 Å². The highest BCUT2D eigenvalue weighted by molar-refractivity contribution is 5.84. The van der Waals surface area contributed by atoms with Gasteiger partial charge in [-0.3, -0.25) is 4.79 Å². The number of rotatable bonds is 5. The Hall–Kier alpha value is -0.370. The minimum atomic E-state index is -0.123. The molecule has 110 valence electrons. The van der Waals surface area contributed by atoms with Crippen LogP contribution in [0.1, 0.15) is 71.6 Å². The van der Waals surface area contributed by atoms with Gasteiger partial charge in [0.15, 0.2) is 0 Å². The number of nitrogens with one attached hydrogen (secondary N) is 1. The van der Waals surface area contributed by atoms with E-state index in [1.807, 2.05) is 0 Å². The summed E-state index contributed by atoms with van der Waals surface area (Å²) >= 11 is 0. The summed E-state index contributed by atoms with van der Waals surface area (Å²) in [5, 5.41) is 3.45. The third kappa shape index (κ3) is 4.05. The zero-order valence-corrected chi connectivity index (χ0v) is 12.8. The Balaban J connectivity index is 1.79. The van der Waals surface area contributed by atoms with Gasteiger partial charge in [0.2, 0.25) is 0 Å². The normalized spacial score (nSPS) is 26.3. The summed E-state index contributed by atoms with van der Waals surface area (Å²) in [5.74, 6) is 1.88. The largest absolute Gasteiger partial charge is 0.316 e. The molecule has 2 fully saturated rings. The molecule has 0 aromatic heterocycles. The molecule has 0 amide bonds. The fourth-order valence-corrected chi connectivity index (χ4v) is 3.83. The molecule has 2 nitrogen and oxygen atoms in total. The molecule has 0 bridgehead atoms. The van der Waals surface area contributed by atoms with Gasteiger partial charge in [-0.2, -0.15) is 0 Å². The molecular weight excluding hydrogens is 234 g/mol. The van der Waals surface area contributed by atoms with Crippen molar-refractivity contribution in [3.63, 3.8) is 0 Å². The molecule has 1 saturated carbocycles. The highest BCUT2D eigenvalue weighted by atomic mass is 16.1. The van der Waals surface area contributed by atoms with Gasteiger partial charge in [0.05, 0.1) is 0 Å². The van der Waals surface area contributed by atoms with E-state index >= 15 is 0 Å². The van der Waals surface area contributed by atoms with Gasteiger partial charge >= 0.3 is 0 Å². The topological polar surface area (TPSA) is 29.1 Å². The van der Waals surface area contributed by atoms with Gasteiger partial charge in [-0.15, -0.1) is 0 Å². The Morgan fingerprint density at radius 3 is 2.47 bits per heavy atom. The van der Waals surface area contributed by atoms with Crippen molar-refractivity contribution in [2.75, 3.05) is 13.1 Å². The Kier molecular flexibility index (Phi) is 5.44. The van der Waals surface area contributed by atoms with Crippen molar-refractivity contribution in [1.29, 1.82) is 0 Å². The van der Waals surface area contributed by atoms with Crippen LogP contribution in [0.4, 0.5) is 0 Å². The van der Waals surface area contributed by atoms with Crippen LogP contribution in [-0.2, 0) is 4.79 Å². The number of piperidine rings is 1. The molecule has 2 aliphatic rings. The summed E-state index contributed by atoms with van der Waals surface area (Å²) in [6.45, 7) is 6.51. The molecule has 1 saturated heterocycles. The molecular formula is C17H31NO. The van der Waals surface area contributed by atoms with Crippen LogP contribution in [0.3, 0.4) is 0 Å². The monoisotopic (exact) mass is 265 g/mol. The molecule has 19 heavy (non-hydrogen) atoms. The molecule has 2 heteroatoms. The third-order valence-electron chi connectivity index (χ3n) is 5.54. The first-order chi connectivity index (χ1) is 9.10. The standard InChI is InChI=1S/C17H31NO/c1-17(2,15-9-6-12-18-13-15)16(19)11-10-14-7-4-3-5-8-14/h14-15,18H,3-13H2,1-2H3. The van der Waals surface area contributed by atoms with E-state index in [1.165, 1.54) is 44.9 Å². The number of Topliss-reactive ketones (excluding diaryl/α,β-unsaturated/α-hetero) is 1. The Bertz CT molecular complexity index is 286. The number of carbonyl (C=O) groups is 1. The van der Waals surface area contributed by atoms with Crippen molar-refractivity contribution in [2.45, 2.75) is 71.6 Å². The smallest absolute Gasteiger partial charge is 0.138 e. The van der Waals surface area contributed by atoms with Gasteiger partial charge in [0, 0.05) is 11.8 Å². The molecule has 0 aromatic rings. The average Bonchev–Trinajstić information content (AvgIpc) is 2.46. The second-order valence-corrected chi connectivity index (χ2v) is 7.23. The van der Waals surface area contributed by atoms with Crippen molar-refractivity contribution < 1.29 is 4.79 Å². The van der Waals surface area contributed by atoms with Gasteiger partial charge in [-0.05, 0) is 44.2 Å². The van der Waals surface area contributed by atoms with Crippen molar-refractivity contribution in [1.82, 2.24) is 5.32 Å². The molecule has 0 aromatic carbocycles. The molecule has 1 heterocycles. The number of hydrogen-bond donors (Lipinski definition) is 1. The highest BCUT2D eigenvalue weighted by Crippen LogP contribution is 2.35. The molecule has 1 aliphatic carbocycles. The Labute approximate surface area is 118 Å². The quantitative estimate of drug-likeness (QED) is 0.815. The maximum atomic E-state index is 12.6. The summed E-state index contributed by atoms with van der Waals surface area (Å²) in [7, 11) is 0. The Morgan fingerprint density at radius 2 is 1.84 bits per heavy atom. The van der Waals surface area contributed by atoms with E-state index in [9.17, 15) is 4.79 Å². The first-order valence-corrected chi connectivity index (χ1v) is 8.34. The van der Waals surface area contributed by atoms with Crippen molar-refractivity contribution in [3.05, 3.63) is 0 Å². The van der Waals surface area contributed by atoms with Crippen molar-refractivity contribution in [2.24, 2.45) is 17.3 Å². The Morgan fingerprint density at radius 1 is 1.11 bits per heavy atom. The average molecular weight is 265 g/mol. The van der Waals surface area contributed by atoms with Crippen LogP contribution in [0, 0.1) is 17.3 Å². The number of hydrogen-bond acceptors (Lipinski definition) is 2. The van der Waals surface area contributed by atoms with E-state index in [0.29, 0.717) is 11.7 Å². The van der Waals surface area contributed by atoms with E-state index in [2.05, 4.69) is 19.2 Å². The van der Waals surface area contributed by atoms with Gasteiger partial charge in [0.25, 0.3) is 0 Å². The second-order valence-electron chi connectivity index (χ2n) is 7.23. The predicted octanol–water partition coefficient (Wildman–Crippen LogP) is 3.94. The van der Waals surface area contributed by atoms with Crippen LogP contribution in [0.5, 0.6) is 0 Å². The van der Waals surface area contributed by atoms with Gasteiger partial charge < -0.3 is 5.32 Å². The zero-order chi connectivity index (χ0) is 13.7. The first-order valence-electron chi connectivity index (χ1n) is 8.34. The van der Waals surface area contributed by atoms with Crippen LogP contribution in [-0.4, -0.2) is 18.9 Å². The summed E-state index contributed by atoms with van der Waals surface area (Å²) in [6, 6.07) is 0. The fourth-order valence-electron chi connectivity index (χ4n) is 3.83.